The molecule has 1 aromatic rings. The van der Waals surface area contributed by atoms with Gasteiger partial charge in [0.2, 0.25) is 0 Å². The van der Waals surface area contributed by atoms with E-state index in [1.165, 1.54) is 193 Å². The molecule has 8 atom stereocenters. The van der Waals surface area contributed by atoms with Crippen LogP contribution in [0.2, 0.25) is 5.02 Å². The second kappa shape index (κ2) is 44.4. The van der Waals surface area contributed by atoms with Gasteiger partial charge in [0.1, 0.15) is 31.0 Å². The van der Waals surface area contributed by atoms with Gasteiger partial charge >= 0.3 is 0 Å². The summed E-state index contributed by atoms with van der Waals surface area (Å²) < 4.78 is 17.6. The highest BCUT2D eigenvalue weighted by Gasteiger charge is 2.45. The van der Waals surface area contributed by atoms with E-state index in [0.29, 0.717) is 23.7 Å². The first-order valence-electron chi connectivity index (χ1n) is 28.8. The number of unbranched alkanes of at least 4 members (excludes halogenated alkanes) is 34. The third-order valence-corrected chi connectivity index (χ3v) is 14.6. The Hall–Kier alpha value is -1.12. The van der Waals surface area contributed by atoms with Crippen LogP contribution in [0.15, 0.2) is 24.3 Å². The molecule has 0 unspecified atom stereocenters. The van der Waals surface area contributed by atoms with Crippen LogP contribution in [0.1, 0.15) is 251 Å². The summed E-state index contributed by atoms with van der Waals surface area (Å²) in [7, 11) is 0. The molecule has 10 nitrogen and oxygen atoms in total. The number of halogens is 1. The Labute approximate surface area is 432 Å². The van der Waals surface area contributed by atoms with Gasteiger partial charge in [-0.25, -0.2) is 0 Å². The molecule has 0 aromatic heterocycles. The number of rotatable bonds is 47. The number of benzene rings is 1. The van der Waals surface area contributed by atoms with E-state index in [2.05, 4.69) is 24.5 Å². The quantitative estimate of drug-likeness (QED) is 0.0247. The second-order valence-corrected chi connectivity index (χ2v) is 21.3. The maximum absolute atomic E-state index is 11.4. The van der Waals surface area contributed by atoms with Crippen molar-refractivity contribution in [2.24, 2.45) is 0 Å². The molecule has 0 saturated carbocycles. The van der Waals surface area contributed by atoms with Gasteiger partial charge in [-0.05, 0) is 55.9 Å². The Morgan fingerprint density at radius 1 is 0.565 bits per heavy atom. The van der Waals surface area contributed by atoms with Gasteiger partial charge in [-0.2, -0.15) is 0 Å². The van der Waals surface area contributed by atoms with Crippen molar-refractivity contribution in [2.75, 3.05) is 25.1 Å². The molecule has 1 aliphatic heterocycles. The van der Waals surface area contributed by atoms with Crippen LogP contribution in [-0.2, 0) is 14.2 Å². The molecule has 0 bridgehead atoms. The topological polar surface area (TPSA) is 153 Å². The van der Waals surface area contributed by atoms with Gasteiger partial charge in [-0.15, -0.1) is 0 Å². The molecule has 0 radical (unpaired) electrons. The first-order chi connectivity index (χ1) is 33.7. The van der Waals surface area contributed by atoms with Crippen molar-refractivity contribution in [3.8, 4) is 0 Å². The van der Waals surface area contributed by atoms with Crippen LogP contribution in [0.5, 0.6) is 0 Å². The predicted octanol–water partition coefficient (Wildman–Crippen LogP) is 14.0. The maximum Gasteiger partial charge on any atom is 0.261 e. The lowest BCUT2D eigenvalue weighted by Gasteiger charge is -2.40. The van der Waals surface area contributed by atoms with Crippen LogP contribution in [0.3, 0.4) is 0 Å². The molecule has 0 spiro atoms. The SMILES string of the molecule is CCCCCCCCCCCCCCCCCCCCCCCCCCN[C@@H](CO[C@H]1O[C@H](COC(=S)Nc2ccc(Cl)cc2)[C@H](O)[C@H](O)[C@H]1O)[C@H](O)[C@H](O)CCCCCCCCCCCCCC. The average molecular weight is 1010 g/mol. The number of nitrogens with one attached hydrogen (secondary N) is 2. The third-order valence-electron chi connectivity index (χ3n) is 14.2. The minimum absolute atomic E-state index is 0.0292. The summed E-state index contributed by atoms with van der Waals surface area (Å²) in [6.07, 6.45) is 38.4. The van der Waals surface area contributed by atoms with Crippen molar-refractivity contribution < 1.29 is 39.7 Å². The van der Waals surface area contributed by atoms with Crippen molar-refractivity contribution in [1.29, 1.82) is 0 Å². The first-order valence-corrected chi connectivity index (χ1v) is 29.6. The fourth-order valence-corrected chi connectivity index (χ4v) is 9.83. The lowest BCUT2D eigenvalue weighted by Crippen LogP contribution is -2.60. The summed E-state index contributed by atoms with van der Waals surface area (Å²) in [5.74, 6) is 0. The Bertz CT molecular complexity index is 1300. The van der Waals surface area contributed by atoms with E-state index >= 15 is 0 Å². The van der Waals surface area contributed by atoms with Crippen LogP contribution in [-0.4, -0.2) is 99.4 Å². The summed E-state index contributed by atoms with van der Waals surface area (Å²) in [5.41, 5.74) is 0.662. The summed E-state index contributed by atoms with van der Waals surface area (Å²) in [6, 6.07) is 6.26. The van der Waals surface area contributed by atoms with E-state index < -0.39 is 49.0 Å². The largest absolute Gasteiger partial charge is 0.468 e. The number of hydrogen-bond donors (Lipinski definition) is 7. The Kier molecular flexibility index (Phi) is 41.2. The molecule has 69 heavy (non-hydrogen) atoms. The smallest absolute Gasteiger partial charge is 0.261 e. The molecule has 2 rings (SSSR count). The molecule has 1 fully saturated rings. The average Bonchev–Trinajstić information content (AvgIpc) is 3.35. The zero-order valence-electron chi connectivity index (χ0n) is 44.0. The lowest BCUT2D eigenvalue weighted by molar-refractivity contribution is -0.302. The summed E-state index contributed by atoms with van der Waals surface area (Å²) >= 11 is 11.3. The zero-order chi connectivity index (χ0) is 50.0. The molecular weight excluding hydrogens is 908 g/mol. The van der Waals surface area contributed by atoms with Crippen LogP contribution in [0.25, 0.3) is 0 Å². The molecule has 7 N–H and O–H groups in total. The van der Waals surface area contributed by atoms with E-state index in [1.54, 1.807) is 24.3 Å². The van der Waals surface area contributed by atoms with Crippen molar-refractivity contribution >= 4 is 34.7 Å². The van der Waals surface area contributed by atoms with Gasteiger partial charge in [0.15, 0.2) is 6.29 Å². The maximum atomic E-state index is 11.4. The zero-order valence-corrected chi connectivity index (χ0v) is 45.5. The standard InChI is InChI=1S/C57H105ClN2O8S/c1-3-5-7-9-11-13-15-17-18-19-20-21-22-23-24-25-26-27-28-30-32-34-36-38-44-59-49(52(62)50(61)39-37-35-33-31-29-16-14-12-10-8-6-4-2)45-66-56-55(65)54(64)53(63)51(68-56)46-67-57(69)60-48-42-40-47(58)41-43-48/h40-43,49-56,59,61-65H,3-39,44-46H2,1-2H3,(H,60,69)/t49-,50+,51+,52-,53-,54-,55+,56-/m0/s1. The fourth-order valence-electron chi connectivity index (χ4n) is 9.52. The van der Waals surface area contributed by atoms with Crippen molar-refractivity contribution in [2.45, 2.75) is 300 Å². The van der Waals surface area contributed by atoms with Gasteiger partial charge in [0.05, 0.1) is 24.9 Å². The molecule has 404 valence electrons. The molecule has 0 aliphatic carbocycles. The van der Waals surface area contributed by atoms with Gasteiger partial charge in [-0.3, -0.25) is 0 Å². The number of aliphatic hydroxyl groups excluding tert-OH is 5. The van der Waals surface area contributed by atoms with Crippen molar-refractivity contribution in [1.82, 2.24) is 5.32 Å². The van der Waals surface area contributed by atoms with Gasteiger partial charge < -0.3 is 50.4 Å². The van der Waals surface area contributed by atoms with Crippen LogP contribution in [0.4, 0.5) is 5.69 Å². The van der Waals surface area contributed by atoms with Crippen molar-refractivity contribution in [3.05, 3.63) is 29.3 Å². The van der Waals surface area contributed by atoms with E-state index in [9.17, 15) is 25.5 Å². The van der Waals surface area contributed by atoms with Gasteiger partial charge in [0, 0.05) is 10.7 Å². The summed E-state index contributed by atoms with van der Waals surface area (Å²) in [4.78, 5) is 0. The Balaban J connectivity index is 1.68. The predicted molar refractivity (Wildman–Crippen MR) is 292 cm³/mol. The molecule has 1 aromatic carbocycles. The summed E-state index contributed by atoms with van der Waals surface area (Å²) in [5, 5.41) is 61.9. The van der Waals surface area contributed by atoms with Gasteiger partial charge in [0.25, 0.3) is 5.17 Å². The number of thiocarbonyl (C=S) groups is 1. The van der Waals surface area contributed by atoms with Crippen LogP contribution in [0, 0.1) is 0 Å². The van der Waals surface area contributed by atoms with E-state index in [-0.39, 0.29) is 18.4 Å². The van der Waals surface area contributed by atoms with Crippen LogP contribution >= 0.6 is 23.8 Å². The lowest BCUT2D eigenvalue weighted by atomic mass is 9.98. The highest BCUT2D eigenvalue weighted by atomic mass is 35.5. The first kappa shape index (κ1) is 64.0. The number of ether oxygens (including phenoxy) is 3. The molecule has 1 aliphatic rings. The normalized spacial score (nSPS) is 19.7. The minimum atomic E-state index is -1.57. The molecular formula is C57H105ClN2O8S. The number of anilines is 1. The molecule has 1 saturated heterocycles. The highest BCUT2D eigenvalue weighted by molar-refractivity contribution is 7.80. The Morgan fingerprint density at radius 2 is 0.957 bits per heavy atom. The number of hydrogen-bond acceptors (Lipinski definition) is 10. The number of aliphatic hydroxyl groups is 5. The highest BCUT2D eigenvalue weighted by Crippen LogP contribution is 2.24. The Morgan fingerprint density at radius 3 is 1.38 bits per heavy atom. The second-order valence-electron chi connectivity index (χ2n) is 20.5. The van der Waals surface area contributed by atoms with E-state index in [1.807, 2.05) is 0 Å². The van der Waals surface area contributed by atoms with Crippen molar-refractivity contribution in [3.63, 3.8) is 0 Å². The third kappa shape index (κ3) is 33.3. The monoisotopic (exact) mass is 1010 g/mol. The van der Waals surface area contributed by atoms with Gasteiger partial charge in [-0.1, -0.05) is 250 Å². The fraction of sp³-hybridized carbons (Fsp3) is 0.877. The summed E-state index contributed by atoms with van der Waals surface area (Å²) in [6.45, 7) is 4.87. The minimum Gasteiger partial charge on any atom is -0.468 e. The van der Waals surface area contributed by atoms with E-state index in [4.69, 9.17) is 38.0 Å². The molecule has 1 heterocycles. The van der Waals surface area contributed by atoms with E-state index in [0.717, 1.165) is 38.5 Å². The van der Waals surface area contributed by atoms with Crippen LogP contribution < -0.4 is 10.6 Å². The molecule has 12 heteroatoms. The molecule has 0 amide bonds.